The van der Waals surface area contributed by atoms with Crippen molar-refractivity contribution in [3.05, 3.63) is 47.8 Å². The van der Waals surface area contributed by atoms with Gasteiger partial charge in [-0.2, -0.15) is 0 Å². The Balaban J connectivity index is 1.53. The summed E-state index contributed by atoms with van der Waals surface area (Å²) in [6.07, 6.45) is 3.31. The summed E-state index contributed by atoms with van der Waals surface area (Å²) in [5.41, 5.74) is 1.45. The topological polar surface area (TPSA) is 76.6 Å². The van der Waals surface area contributed by atoms with Crippen LogP contribution in [0.4, 0.5) is 5.82 Å². The molecule has 0 saturated carbocycles. The van der Waals surface area contributed by atoms with Gasteiger partial charge in [0, 0.05) is 38.1 Å². The summed E-state index contributed by atoms with van der Waals surface area (Å²) < 4.78 is 10.6. The van der Waals surface area contributed by atoms with Crippen LogP contribution in [0.2, 0.25) is 0 Å². The molecule has 0 aliphatic carbocycles. The lowest BCUT2D eigenvalue weighted by atomic mass is 10.2. The predicted molar refractivity (Wildman–Crippen MR) is 93.8 cm³/mol. The van der Waals surface area contributed by atoms with E-state index in [0.29, 0.717) is 24.6 Å². The van der Waals surface area contributed by atoms with Gasteiger partial charge in [0.2, 0.25) is 5.88 Å². The molecule has 0 atom stereocenters. The highest BCUT2D eigenvalue weighted by Crippen LogP contribution is 2.13. The van der Waals surface area contributed by atoms with E-state index in [1.165, 1.54) is 6.20 Å². The Morgan fingerprint density at radius 3 is 2.68 bits per heavy atom. The summed E-state index contributed by atoms with van der Waals surface area (Å²) >= 11 is 0. The van der Waals surface area contributed by atoms with Crippen LogP contribution in [-0.2, 0) is 11.3 Å². The normalized spacial score (nSPS) is 14.2. The number of pyridine rings is 2. The van der Waals surface area contributed by atoms with Crippen molar-refractivity contribution in [1.82, 2.24) is 15.3 Å². The molecule has 2 aromatic rings. The van der Waals surface area contributed by atoms with Gasteiger partial charge in [-0.05, 0) is 24.6 Å². The average molecular weight is 342 g/mol. The monoisotopic (exact) mass is 342 g/mol. The molecule has 0 unspecified atom stereocenters. The van der Waals surface area contributed by atoms with Crippen LogP contribution in [0.1, 0.15) is 22.8 Å². The highest BCUT2D eigenvalue weighted by Gasteiger charge is 2.12. The Bertz CT molecular complexity index is 682. The van der Waals surface area contributed by atoms with Crippen LogP contribution in [0.15, 0.2) is 36.7 Å². The number of hydrogen-bond acceptors (Lipinski definition) is 6. The van der Waals surface area contributed by atoms with Crippen molar-refractivity contribution in [3.8, 4) is 5.88 Å². The number of ether oxygens (including phenoxy) is 2. The molecule has 3 rings (SSSR count). The Hall–Kier alpha value is -2.67. The zero-order valence-electron chi connectivity index (χ0n) is 14.3. The predicted octanol–water partition coefficient (Wildman–Crippen LogP) is 1.64. The van der Waals surface area contributed by atoms with Crippen molar-refractivity contribution in [2.75, 3.05) is 37.8 Å². The molecular formula is C18H22N4O3. The summed E-state index contributed by atoms with van der Waals surface area (Å²) in [6.45, 7) is 6.03. The highest BCUT2D eigenvalue weighted by molar-refractivity contribution is 5.93. The molecule has 1 aliphatic heterocycles. The fourth-order valence-electron chi connectivity index (χ4n) is 2.53. The number of morpholine rings is 1. The summed E-state index contributed by atoms with van der Waals surface area (Å²) in [5, 5.41) is 2.87. The van der Waals surface area contributed by atoms with E-state index < -0.39 is 0 Å². The Morgan fingerprint density at radius 1 is 1.20 bits per heavy atom. The highest BCUT2D eigenvalue weighted by atomic mass is 16.5. The number of nitrogens with zero attached hydrogens (tertiary/aromatic N) is 3. The fourth-order valence-corrected chi connectivity index (χ4v) is 2.53. The van der Waals surface area contributed by atoms with Crippen LogP contribution in [0.25, 0.3) is 0 Å². The second kappa shape index (κ2) is 8.43. The third kappa shape index (κ3) is 4.67. The number of amides is 1. The van der Waals surface area contributed by atoms with E-state index in [0.717, 1.165) is 37.7 Å². The number of carbonyl (C=O) groups is 1. The Labute approximate surface area is 147 Å². The average Bonchev–Trinajstić information content (AvgIpc) is 2.68. The Kier molecular flexibility index (Phi) is 5.79. The zero-order chi connectivity index (χ0) is 17.5. The van der Waals surface area contributed by atoms with Gasteiger partial charge in [0.15, 0.2) is 0 Å². The van der Waals surface area contributed by atoms with Crippen LogP contribution in [0.3, 0.4) is 0 Å². The van der Waals surface area contributed by atoms with E-state index in [2.05, 4.69) is 20.2 Å². The molecule has 1 saturated heterocycles. The maximum absolute atomic E-state index is 12.2. The minimum Gasteiger partial charge on any atom is -0.478 e. The van der Waals surface area contributed by atoms with Gasteiger partial charge in [0.1, 0.15) is 5.82 Å². The minimum atomic E-state index is -0.173. The molecule has 2 aromatic heterocycles. The molecule has 0 aromatic carbocycles. The van der Waals surface area contributed by atoms with Gasteiger partial charge >= 0.3 is 0 Å². The lowest BCUT2D eigenvalue weighted by molar-refractivity contribution is 0.0950. The molecule has 3 heterocycles. The molecule has 1 aliphatic rings. The lowest BCUT2D eigenvalue weighted by Gasteiger charge is -2.27. The smallest absolute Gasteiger partial charge is 0.253 e. The van der Waals surface area contributed by atoms with Gasteiger partial charge in [-0.3, -0.25) is 4.79 Å². The van der Waals surface area contributed by atoms with Gasteiger partial charge in [-0.1, -0.05) is 6.07 Å². The minimum absolute atomic E-state index is 0.173. The van der Waals surface area contributed by atoms with Crippen molar-refractivity contribution in [2.45, 2.75) is 13.5 Å². The molecular weight excluding hydrogens is 320 g/mol. The van der Waals surface area contributed by atoms with Crippen LogP contribution < -0.4 is 15.0 Å². The summed E-state index contributed by atoms with van der Waals surface area (Å²) in [4.78, 5) is 22.9. The zero-order valence-corrected chi connectivity index (χ0v) is 14.3. The SMILES string of the molecule is CCOc1ccc(C(=O)NCc2ccc(N3CCOCC3)nc2)cn1. The first-order valence-corrected chi connectivity index (χ1v) is 8.41. The van der Waals surface area contributed by atoms with Crippen molar-refractivity contribution in [1.29, 1.82) is 0 Å². The molecule has 7 nitrogen and oxygen atoms in total. The van der Waals surface area contributed by atoms with Gasteiger partial charge in [-0.15, -0.1) is 0 Å². The van der Waals surface area contributed by atoms with E-state index in [1.54, 1.807) is 18.3 Å². The molecule has 7 heteroatoms. The molecule has 1 N–H and O–H groups in total. The fraction of sp³-hybridized carbons (Fsp3) is 0.389. The van der Waals surface area contributed by atoms with E-state index in [-0.39, 0.29) is 5.91 Å². The first-order valence-electron chi connectivity index (χ1n) is 8.41. The van der Waals surface area contributed by atoms with Crippen LogP contribution in [-0.4, -0.2) is 48.8 Å². The summed E-state index contributed by atoms with van der Waals surface area (Å²) in [7, 11) is 0. The van der Waals surface area contributed by atoms with Crippen LogP contribution >= 0.6 is 0 Å². The maximum atomic E-state index is 12.2. The van der Waals surface area contributed by atoms with E-state index >= 15 is 0 Å². The molecule has 1 fully saturated rings. The molecule has 132 valence electrons. The quantitative estimate of drug-likeness (QED) is 0.860. The number of anilines is 1. The first kappa shape index (κ1) is 17.2. The number of carbonyl (C=O) groups excluding carboxylic acids is 1. The number of aromatic nitrogens is 2. The van der Waals surface area contributed by atoms with Crippen molar-refractivity contribution < 1.29 is 14.3 Å². The van der Waals surface area contributed by atoms with Crippen molar-refractivity contribution >= 4 is 11.7 Å². The molecule has 1 amide bonds. The van der Waals surface area contributed by atoms with Crippen molar-refractivity contribution in [2.24, 2.45) is 0 Å². The summed E-state index contributed by atoms with van der Waals surface area (Å²) in [5.74, 6) is 1.28. The van der Waals surface area contributed by atoms with Gasteiger partial charge < -0.3 is 19.7 Å². The van der Waals surface area contributed by atoms with Gasteiger partial charge in [0.05, 0.1) is 25.4 Å². The van der Waals surface area contributed by atoms with E-state index in [4.69, 9.17) is 9.47 Å². The summed E-state index contributed by atoms with van der Waals surface area (Å²) in [6, 6.07) is 7.35. The lowest BCUT2D eigenvalue weighted by Crippen LogP contribution is -2.36. The van der Waals surface area contributed by atoms with Gasteiger partial charge in [-0.25, -0.2) is 9.97 Å². The second-order valence-electron chi connectivity index (χ2n) is 5.62. The molecule has 0 spiro atoms. The standard InChI is InChI=1S/C18H22N4O3/c1-2-25-17-6-4-15(13-20-17)18(23)21-12-14-3-5-16(19-11-14)22-7-9-24-10-8-22/h3-6,11,13H,2,7-10,12H2,1H3,(H,21,23). The Morgan fingerprint density at radius 2 is 2.04 bits per heavy atom. The van der Waals surface area contributed by atoms with E-state index in [1.807, 2.05) is 19.1 Å². The number of hydrogen-bond donors (Lipinski definition) is 1. The molecule has 0 radical (unpaired) electrons. The van der Waals surface area contributed by atoms with Crippen LogP contribution in [0, 0.1) is 0 Å². The van der Waals surface area contributed by atoms with E-state index in [9.17, 15) is 4.79 Å². The second-order valence-corrected chi connectivity index (χ2v) is 5.62. The molecule has 25 heavy (non-hydrogen) atoms. The van der Waals surface area contributed by atoms with Crippen LogP contribution in [0.5, 0.6) is 5.88 Å². The largest absolute Gasteiger partial charge is 0.478 e. The van der Waals surface area contributed by atoms with Crippen molar-refractivity contribution in [3.63, 3.8) is 0 Å². The third-order valence-corrected chi connectivity index (χ3v) is 3.89. The maximum Gasteiger partial charge on any atom is 0.253 e. The first-order chi connectivity index (χ1) is 12.3. The third-order valence-electron chi connectivity index (χ3n) is 3.89. The van der Waals surface area contributed by atoms with Gasteiger partial charge in [0.25, 0.3) is 5.91 Å². The molecule has 0 bridgehead atoms. The number of rotatable bonds is 6. The number of nitrogens with one attached hydrogen (secondary N) is 1.